The van der Waals surface area contributed by atoms with Gasteiger partial charge in [0.1, 0.15) is 12.1 Å². The number of fused-ring (bicyclic) bond motifs is 1. The summed E-state index contributed by atoms with van der Waals surface area (Å²) in [5.74, 6) is -1.55. The molecule has 138 valence electrons. The van der Waals surface area contributed by atoms with Gasteiger partial charge in [-0.3, -0.25) is 19.4 Å². The Morgan fingerprint density at radius 2 is 1.77 bits per heavy atom. The Labute approximate surface area is 152 Å². The summed E-state index contributed by atoms with van der Waals surface area (Å²) in [6, 6.07) is 9.69. The highest BCUT2D eigenvalue weighted by molar-refractivity contribution is 5.91. The number of benzene rings is 1. The van der Waals surface area contributed by atoms with Crippen molar-refractivity contribution in [3.8, 4) is 0 Å². The van der Waals surface area contributed by atoms with E-state index in [2.05, 4.69) is 15.6 Å². The molecule has 4 N–H and O–H groups in total. The molecule has 2 aromatic rings. The number of rotatable bonds is 7. The molecule has 0 unspecified atom stereocenters. The summed E-state index contributed by atoms with van der Waals surface area (Å²) >= 11 is 0. The predicted octanol–water partition coefficient (Wildman–Crippen LogP) is 0.908. The normalized spacial score (nSPS) is 13.2. The lowest BCUT2D eigenvalue weighted by molar-refractivity contribution is -0.131. The van der Waals surface area contributed by atoms with Crippen molar-refractivity contribution in [2.24, 2.45) is 11.7 Å². The minimum atomic E-state index is -0.911. The van der Waals surface area contributed by atoms with Crippen molar-refractivity contribution in [3.05, 3.63) is 42.1 Å². The van der Waals surface area contributed by atoms with E-state index in [0.717, 1.165) is 10.9 Å². The number of carbonyl (C=O) groups excluding carboxylic acids is 3. The molecule has 26 heavy (non-hydrogen) atoms. The van der Waals surface area contributed by atoms with Crippen molar-refractivity contribution in [3.63, 3.8) is 0 Å². The Hall–Kier alpha value is -2.96. The summed E-state index contributed by atoms with van der Waals surface area (Å²) in [7, 11) is 0. The average molecular weight is 356 g/mol. The van der Waals surface area contributed by atoms with Crippen LogP contribution in [0.1, 0.15) is 26.5 Å². The second-order valence-corrected chi connectivity index (χ2v) is 6.59. The molecule has 0 saturated carbocycles. The molecule has 3 amide bonds. The number of nitrogens with two attached hydrogens (primary N) is 1. The maximum Gasteiger partial charge on any atom is 0.243 e. The van der Waals surface area contributed by atoms with E-state index in [9.17, 15) is 14.4 Å². The van der Waals surface area contributed by atoms with Crippen molar-refractivity contribution in [1.82, 2.24) is 15.6 Å². The molecule has 2 rings (SSSR count). The van der Waals surface area contributed by atoms with Crippen LogP contribution in [-0.2, 0) is 20.8 Å². The molecule has 0 saturated heterocycles. The van der Waals surface area contributed by atoms with Gasteiger partial charge in [-0.05, 0) is 18.1 Å². The Balaban J connectivity index is 2.15. The summed E-state index contributed by atoms with van der Waals surface area (Å²) in [6.07, 6.45) is 0.177. The molecule has 1 aromatic carbocycles. The number of nitrogens with one attached hydrogen (secondary N) is 2. The molecule has 0 aliphatic carbocycles. The van der Waals surface area contributed by atoms with E-state index in [1.807, 2.05) is 44.2 Å². The highest BCUT2D eigenvalue weighted by Crippen LogP contribution is 2.13. The fraction of sp³-hybridized carbons (Fsp3) is 0.368. The maximum atomic E-state index is 12.5. The molecule has 7 nitrogen and oxygen atoms in total. The van der Waals surface area contributed by atoms with Gasteiger partial charge in [-0.2, -0.15) is 0 Å². The fourth-order valence-corrected chi connectivity index (χ4v) is 2.67. The van der Waals surface area contributed by atoms with Crippen molar-refractivity contribution in [2.75, 3.05) is 0 Å². The van der Waals surface area contributed by atoms with E-state index >= 15 is 0 Å². The quantitative estimate of drug-likeness (QED) is 0.684. The van der Waals surface area contributed by atoms with Gasteiger partial charge in [0.05, 0.1) is 5.52 Å². The van der Waals surface area contributed by atoms with Crippen LogP contribution in [0.25, 0.3) is 10.9 Å². The first-order chi connectivity index (χ1) is 12.3. The number of pyridine rings is 1. The summed E-state index contributed by atoms with van der Waals surface area (Å²) in [5, 5.41) is 6.21. The Bertz CT molecular complexity index is 819. The molecule has 0 fully saturated rings. The molecule has 0 spiro atoms. The van der Waals surface area contributed by atoms with Crippen LogP contribution in [0.2, 0.25) is 0 Å². The van der Waals surface area contributed by atoms with Crippen LogP contribution >= 0.6 is 0 Å². The minimum absolute atomic E-state index is 0.133. The molecular weight excluding hydrogens is 332 g/mol. The summed E-state index contributed by atoms with van der Waals surface area (Å²) in [4.78, 5) is 40.1. The van der Waals surface area contributed by atoms with E-state index in [1.165, 1.54) is 6.92 Å². The highest BCUT2D eigenvalue weighted by atomic mass is 16.2. The monoisotopic (exact) mass is 356 g/mol. The third-order valence-electron chi connectivity index (χ3n) is 4.04. The molecule has 0 aliphatic heterocycles. The van der Waals surface area contributed by atoms with Gasteiger partial charge in [0.15, 0.2) is 0 Å². The van der Waals surface area contributed by atoms with Crippen molar-refractivity contribution in [1.29, 1.82) is 0 Å². The first kappa shape index (κ1) is 19.4. The smallest absolute Gasteiger partial charge is 0.243 e. The Morgan fingerprint density at radius 3 is 2.38 bits per heavy atom. The van der Waals surface area contributed by atoms with Gasteiger partial charge in [-0.25, -0.2) is 0 Å². The summed E-state index contributed by atoms with van der Waals surface area (Å²) < 4.78 is 0. The lowest BCUT2D eigenvalue weighted by atomic mass is 10.0. The van der Waals surface area contributed by atoms with Gasteiger partial charge in [0, 0.05) is 24.4 Å². The van der Waals surface area contributed by atoms with E-state index < -0.39 is 23.9 Å². The molecule has 2 atom stereocenters. The number of primary amides is 1. The second-order valence-electron chi connectivity index (χ2n) is 6.59. The van der Waals surface area contributed by atoms with Gasteiger partial charge in [-0.15, -0.1) is 0 Å². The molecule has 1 aromatic heterocycles. The number of carbonyl (C=O) groups is 3. The van der Waals surface area contributed by atoms with Crippen molar-refractivity contribution >= 4 is 28.6 Å². The van der Waals surface area contributed by atoms with Gasteiger partial charge in [0.25, 0.3) is 0 Å². The topological polar surface area (TPSA) is 114 Å². The van der Waals surface area contributed by atoms with Crippen molar-refractivity contribution < 1.29 is 14.4 Å². The van der Waals surface area contributed by atoms with Gasteiger partial charge >= 0.3 is 0 Å². The van der Waals surface area contributed by atoms with E-state index in [0.29, 0.717) is 5.69 Å². The van der Waals surface area contributed by atoms with Crippen LogP contribution in [0.4, 0.5) is 0 Å². The zero-order valence-corrected chi connectivity index (χ0v) is 15.2. The van der Waals surface area contributed by atoms with Gasteiger partial charge in [0.2, 0.25) is 17.7 Å². The lowest BCUT2D eigenvalue weighted by Crippen LogP contribution is -2.55. The van der Waals surface area contributed by atoms with Gasteiger partial charge in [-0.1, -0.05) is 38.1 Å². The van der Waals surface area contributed by atoms with Crippen LogP contribution < -0.4 is 16.4 Å². The number of amides is 3. The van der Waals surface area contributed by atoms with E-state index in [4.69, 9.17) is 5.73 Å². The van der Waals surface area contributed by atoms with Crippen LogP contribution in [0.3, 0.4) is 0 Å². The molecule has 0 radical (unpaired) electrons. The van der Waals surface area contributed by atoms with Crippen LogP contribution in [0, 0.1) is 5.92 Å². The molecule has 0 aliphatic rings. The standard InChI is InChI=1S/C19H24N4O3/c1-11(2)17(21-12(3)24)19(26)23-16(18(20)25)10-14-9-8-13-6-4-5-7-15(13)22-14/h4-9,11,16-17H,10H2,1-3H3,(H2,20,25)(H,21,24)(H,23,26)/t16-,17+/m0/s1. The molecule has 1 heterocycles. The zero-order chi connectivity index (χ0) is 19.3. The average Bonchev–Trinajstić information content (AvgIpc) is 2.58. The number of nitrogens with zero attached hydrogens (tertiary/aromatic N) is 1. The SMILES string of the molecule is CC(=O)N[C@@H](C(=O)N[C@@H](Cc1ccc2ccccc2n1)C(N)=O)C(C)C. The fourth-order valence-electron chi connectivity index (χ4n) is 2.67. The van der Waals surface area contributed by atoms with Crippen LogP contribution in [0.15, 0.2) is 36.4 Å². The largest absolute Gasteiger partial charge is 0.368 e. The number of hydrogen-bond acceptors (Lipinski definition) is 4. The number of hydrogen-bond donors (Lipinski definition) is 3. The van der Waals surface area contributed by atoms with E-state index in [1.54, 1.807) is 6.07 Å². The Morgan fingerprint density at radius 1 is 1.08 bits per heavy atom. The predicted molar refractivity (Wildman–Crippen MR) is 99.0 cm³/mol. The summed E-state index contributed by atoms with van der Waals surface area (Å²) in [5.41, 5.74) is 6.90. The highest BCUT2D eigenvalue weighted by Gasteiger charge is 2.27. The third kappa shape index (κ3) is 5.02. The van der Waals surface area contributed by atoms with Crippen LogP contribution in [-0.4, -0.2) is 34.8 Å². The first-order valence-electron chi connectivity index (χ1n) is 8.49. The molecular formula is C19H24N4O3. The molecule has 0 bridgehead atoms. The second kappa shape index (κ2) is 8.42. The minimum Gasteiger partial charge on any atom is -0.368 e. The first-order valence-corrected chi connectivity index (χ1v) is 8.49. The van der Waals surface area contributed by atoms with E-state index in [-0.39, 0.29) is 18.2 Å². The number of aromatic nitrogens is 1. The Kier molecular flexibility index (Phi) is 6.27. The molecule has 7 heteroatoms. The maximum absolute atomic E-state index is 12.5. The number of para-hydroxylation sites is 1. The van der Waals surface area contributed by atoms with Gasteiger partial charge < -0.3 is 16.4 Å². The third-order valence-corrected chi connectivity index (χ3v) is 4.04. The lowest BCUT2D eigenvalue weighted by Gasteiger charge is -2.23. The van der Waals surface area contributed by atoms with Crippen LogP contribution in [0.5, 0.6) is 0 Å². The summed E-state index contributed by atoms with van der Waals surface area (Å²) in [6.45, 7) is 4.96. The van der Waals surface area contributed by atoms with Crippen molar-refractivity contribution in [2.45, 2.75) is 39.3 Å². The zero-order valence-electron chi connectivity index (χ0n) is 15.2.